The summed E-state index contributed by atoms with van der Waals surface area (Å²) in [5.41, 5.74) is 3.18. The van der Waals surface area contributed by atoms with E-state index in [0.717, 1.165) is 5.57 Å². The van der Waals surface area contributed by atoms with Crippen molar-refractivity contribution in [1.29, 1.82) is 5.26 Å². The van der Waals surface area contributed by atoms with Crippen molar-refractivity contribution in [1.82, 2.24) is 0 Å². The molecule has 0 bridgehead atoms. The van der Waals surface area contributed by atoms with E-state index < -0.39 is 0 Å². The van der Waals surface area contributed by atoms with Gasteiger partial charge in [-0.25, -0.2) is 0 Å². The van der Waals surface area contributed by atoms with Crippen molar-refractivity contribution in [2.75, 3.05) is 0 Å². The van der Waals surface area contributed by atoms with Gasteiger partial charge in [-0.15, -0.1) is 0 Å². The summed E-state index contributed by atoms with van der Waals surface area (Å²) in [6.07, 6.45) is 9.84. The molecule has 0 unspecified atom stereocenters. The van der Waals surface area contributed by atoms with Gasteiger partial charge in [-0.1, -0.05) is 13.8 Å². The molecule has 0 aromatic heterocycles. The third-order valence-electron chi connectivity index (χ3n) is 2.68. The van der Waals surface area contributed by atoms with E-state index >= 15 is 0 Å². The van der Waals surface area contributed by atoms with Gasteiger partial charge in [0.05, 0.1) is 0 Å². The van der Waals surface area contributed by atoms with Gasteiger partial charge in [0, 0.05) is 0 Å². The fourth-order valence-electron chi connectivity index (χ4n) is 1.36. The Kier molecular flexibility index (Phi) is 15.7. The van der Waals surface area contributed by atoms with E-state index in [1.54, 1.807) is 0 Å². The molecule has 0 aliphatic rings. The number of nitrogens with zero attached hydrogens (tertiary/aromatic N) is 1. The average molecular weight is 302 g/mol. The van der Waals surface area contributed by atoms with Gasteiger partial charge in [-0.05, 0) is 0 Å². The topological polar surface area (TPSA) is 23.8 Å². The van der Waals surface area contributed by atoms with E-state index in [0.29, 0.717) is 11.5 Å². The number of nitriles is 1. The smallest absolute Gasteiger partial charge is 0.0683 e. The minimum Gasteiger partial charge on any atom is -0.0683 e. The summed E-state index contributed by atoms with van der Waals surface area (Å²) in [7, 11) is 1.17. The Balaban J connectivity index is 0. The van der Waals surface area contributed by atoms with Crippen molar-refractivity contribution in [3.05, 3.63) is 47.1 Å². The predicted octanol–water partition coefficient (Wildman–Crippen LogP) is 6.14. The SMILES string of the molecule is C/C=C(\C=[P+]=CC(/C=C\C(C#N)=C/C)=C/C)C(C)C.CC. The van der Waals surface area contributed by atoms with Crippen molar-refractivity contribution in [3.8, 4) is 6.07 Å². The van der Waals surface area contributed by atoms with Crippen LogP contribution in [-0.2, 0) is 0 Å². The second-order valence-corrected chi connectivity index (χ2v) is 5.14. The first-order valence-electron chi connectivity index (χ1n) is 7.52. The summed E-state index contributed by atoms with van der Waals surface area (Å²) >= 11 is 0. The zero-order chi connectivity index (χ0) is 16.7. The van der Waals surface area contributed by atoms with E-state index in [1.807, 2.05) is 52.0 Å². The van der Waals surface area contributed by atoms with Crippen LogP contribution in [0.3, 0.4) is 0 Å². The van der Waals surface area contributed by atoms with Crippen LogP contribution < -0.4 is 0 Å². The first-order valence-corrected chi connectivity index (χ1v) is 8.55. The molecule has 0 aromatic carbocycles. The molecule has 21 heavy (non-hydrogen) atoms. The molecule has 0 aliphatic heterocycles. The van der Waals surface area contributed by atoms with Gasteiger partial charge in [0.1, 0.15) is 0 Å². The van der Waals surface area contributed by atoms with Crippen molar-refractivity contribution in [2.24, 2.45) is 5.92 Å². The molecule has 1 nitrogen and oxygen atoms in total. The van der Waals surface area contributed by atoms with Crippen LogP contribution in [0, 0.1) is 17.2 Å². The molecule has 0 N–H and O–H groups in total. The summed E-state index contributed by atoms with van der Waals surface area (Å²) in [6, 6.07) is 2.14. The van der Waals surface area contributed by atoms with E-state index in [1.165, 1.54) is 13.4 Å². The minimum absolute atomic E-state index is 0.559. The van der Waals surface area contributed by atoms with Gasteiger partial charge >= 0.3 is 118 Å². The number of rotatable bonds is 5. The molecule has 0 spiro atoms. The largest absolute Gasteiger partial charge is 0.0683 e. The Bertz CT molecular complexity index is 502. The molecule has 2 heteroatoms. The summed E-state index contributed by atoms with van der Waals surface area (Å²) < 4.78 is 0. The van der Waals surface area contributed by atoms with Crippen LogP contribution in [0.1, 0.15) is 48.5 Å². The van der Waals surface area contributed by atoms with Crippen molar-refractivity contribution in [3.63, 3.8) is 0 Å². The van der Waals surface area contributed by atoms with Crippen LogP contribution in [0.4, 0.5) is 0 Å². The van der Waals surface area contributed by atoms with Crippen LogP contribution in [0.2, 0.25) is 0 Å². The van der Waals surface area contributed by atoms with Crippen LogP contribution in [0.15, 0.2) is 47.1 Å². The molecule has 0 saturated carbocycles. The molecule has 114 valence electrons. The Morgan fingerprint density at radius 2 is 1.57 bits per heavy atom. The van der Waals surface area contributed by atoms with Gasteiger partial charge in [0.15, 0.2) is 0 Å². The second-order valence-electron chi connectivity index (χ2n) is 4.33. The molecule has 0 aromatic rings. The molecule has 0 radical (unpaired) electrons. The van der Waals surface area contributed by atoms with E-state index in [-0.39, 0.29) is 0 Å². The molecule has 0 aliphatic carbocycles. The normalized spacial score (nSPS) is 12.6. The number of allylic oxidation sites excluding steroid dienone is 8. The number of hydrogen-bond acceptors (Lipinski definition) is 1. The van der Waals surface area contributed by atoms with Crippen LogP contribution in [0.5, 0.6) is 0 Å². The van der Waals surface area contributed by atoms with Gasteiger partial charge in [-0.3, -0.25) is 0 Å². The van der Waals surface area contributed by atoms with Gasteiger partial charge in [0.2, 0.25) is 0 Å². The predicted molar refractivity (Wildman–Crippen MR) is 101 cm³/mol. The maximum Gasteiger partial charge on any atom is -0.0683 e. The van der Waals surface area contributed by atoms with Crippen LogP contribution in [0.25, 0.3) is 0 Å². The van der Waals surface area contributed by atoms with Crippen molar-refractivity contribution < 1.29 is 0 Å². The molecule has 0 atom stereocenters. The molecule has 0 fully saturated rings. The van der Waals surface area contributed by atoms with E-state index in [2.05, 4.69) is 44.5 Å². The summed E-state index contributed by atoms with van der Waals surface area (Å²) in [5, 5.41) is 8.84. The van der Waals surface area contributed by atoms with Gasteiger partial charge in [-0.2, -0.15) is 0 Å². The molecule has 0 heterocycles. The Labute approximate surface area is 132 Å². The Hall–Kier alpha value is -1.38. The number of hydrogen-bond donors (Lipinski definition) is 0. The molecule has 0 amide bonds. The molecular formula is C19H29NP+. The Morgan fingerprint density at radius 3 is 1.95 bits per heavy atom. The summed E-state index contributed by atoms with van der Waals surface area (Å²) in [4.78, 5) is 0. The van der Waals surface area contributed by atoms with E-state index in [4.69, 9.17) is 5.26 Å². The second kappa shape index (κ2) is 15.0. The fraction of sp³-hybridized carbons (Fsp3) is 0.421. The van der Waals surface area contributed by atoms with Gasteiger partial charge < -0.3 is 0 Å². The Morgan fingerprint density at radius 1 is 0.952 bits per heavy atom. The third kappa shape index (κ3) is 11.0. The fourth-order valence-corrected chi connectivity index (χ4v) is 2.47. The monoisotopic (exact) mass is 302 g/mol. The molecular weight excluding hydrogens is 273 g/mol. The molecule has 0 saturated heterocycles. The van der Waals surface area contributed by atoms with Crippen LogP contribution >= 0.6 is 7.83 Å². The first kappa shape index (κ1) is 21.9. The molecule has 0 rings (SSSR count). The quantitative estimate of drug-likeness (QED) is 0.340. The van der Waals surface area contributed by atoms with E-state index in [9.17, 15) is 0 Å². The minimum atomic E-state index is 0.559. The summed E-state index contributed by atoms with van der Waals surface area (Å²) in [5.74, 6) is 4.93. The zero-order valence-corrected chi connectivity index (χ0v) is 15.4. The zero-order valence-electron chi connectivity index (χ0n) is 14.5. The maximum atomic E-state index is 8.84. The van der Waals surface area contributed by atoms with Crippen LogP contribution in [-0.4, -0.2) is 11.6 Å². The van der Waals surface area contributed by atoms with Crippen molar-refractivity contribution >= 4 is 19.4 Å². The summed E-state index contributed by atoms with van der Waals surface area (Å²) in [6.45, 7) is 14.3. The third-order valence-corrected chi connectivity index (χ3v) is 3.57. The van der Waals surface area contributed by atoms with Gasteiger partial charge in [0.25, 0.3) is 0 Å². The maximum absolute atomic E-state index is 8.84. The first-order chi connectivity index (χ1) is 10.1. The average Bonchev–Trinajstić information content (AvgIpc) is 2.51. The standard InChI is InChI=1S/C17H23NP.C2H6/c1-6-15(11-18)9-10-16(7-2)12-19-13-17(8-3)14(4)5;1-2/h6-10,12-14H,1-5H3;1-2H3/q+1;/b10-9-,15-6+,16-7+,17-8+;. The van der Waals surface area contributed by atoms with Crippen molar-refractivity contribution in [2.45, 2.75) is 48.5 Å².